The normalized spacial score (nSPS) is 14.5. The standard InChI is InChI=1S/C30H37N5O3/c1-5-23(3)35(30(37)25-8-6-9-26(20-25)38-4)21-29(36)34-17-7-16-33(18-19-34)28-15-14-27(31-32-28)24-12-10-22(2)11-13-24/h6,8-15,20,23H,5,7,16-19,21H2,1-4H3/t23-/m0/s1. The molecule has 2 amide bonds. The van der Waals surface area contributed by atoms with Crippen LogP contribution in [-0.2, 0) is 4.79 Å². The van der Waals surface area contributed by atoms with Crippen molar-refractivity contribution in [3.8, 4) is 17.0 Å². The topological polar surface area (TPSA) is 78.9 Å². The number of nitrogens with zero attached hydrogens (tertiary/aromatic N) is 5. The van der Waals surface area contributed by atoms with Crippen LogP contribution in [0.15, 0.2) is 60.7 Å². The Morgan fingerprint density at radius 2 is 1.79 bits per heavy atom. The van der Waals surface area contributed by atoms with E-state index in [1.54, 1.807) is 36.3 Å². The highest BCUT2D eigenvalue weighted by molar-refractivity contribution is 5.97. The van der Waals surface area contributed by atoms with Gasteiger partial charge in [0.2, 0.25) is 5.91 Å². The Labute approximate surface area is 225 Å². The number of methoxy groups -OCH3 is 1. The molecule has 0 radical (unpaired) electrons. The Bertz CT molecular complexity index is 1230. The molecule has 0 spiro atoms. The second-order valence-corrected chi connectivity index (χ2v) is 9.79. The van der Waals surface area contributed by atoms with Gasteiger partial charge in [-0.3, -0.25) is 9.59 Å². The molecule has 1 aliphatic heterocycles. The van der Waals surface area contributed by atoms with Crippen LogP contribution in [0, 0.1) is 6.92 Å². The number of carbonyl (C=O) groups is 2. The summed E-state index contributed by atoms with van der Waals surface area (Å²) >= 11 is 0. The van der Waals surface area contributed by atoms with Crippen LogP contribution in [0.4, 0.5) is 5.82 Å². The highest BCUT2D eigenvalue weighted by atomic mass is 16.5. The molecule has 200 valence electrons. The van der Waals surface area contributed by atoms with Gasteiger partial charge in [-0.05, 0) is 57.0 Å². The number of rotatable bonds is 8. The maximum atomic E-state index is 13.4. The van der Waals surface area contributed by atoms with E-state index in [9.17, 15) is 9.59 Å². The van der Waals surface area contributed by atoms with Crippen LogP contribution in [-0.4, -0.2) is 77.7 Å². The summed E-state index contributed by atoms with van der Waals surface area (Å²) in [7, 11) is 1.58. The van der Waals surface area contributed by atoms with Crippen LogP contribution < -0.4 is 9.64 Å². The second-order valence-electron chi connectivity index (χ2n) is 9.79. The lowest BCUT2D eigenvalue weighted by Crippen LogP contribution is -2.47. The maximum absolute atomic E-state index is 13.4. The molecule has 0 bridgehead atoms. The van der Waals surface area contributed by atoms with Crippen molar-refractivity contribution in [1.82, 2.24) is 20.0 Å². The molecule has 2 heterocycles. The predicted molar refractivity (Wildman–Crippen MR) is 149 cm³/mol. The van der Waals surface area contributed by atoms with E-state index in [1.807, 2.05) is 30.9 Å². The van der Waals surface area contributed by atoms with E-state index in [1.165, 1.54) is 5.56 Å². The van der Waals surface area contributed by atoms with Crippen LogP contribution in [0.25, 0.3) is 11.3 Å². The molecule has 8 heteroatoms. The van der Waals surface area contributed by atoms with Crippen molar-refractivity contribution in [1.29, 1.82) is 0 Å². The molecule has 1 fully saturated rings. The average Bonchev–Trinajstić information content (AvgIpc) is 3.22. The van der Waals surface area contributed by atoms with Crippen molar-refractivity contribution in [3.63, 3.8) is 0 Å². The van der Waals surface area contributed by atoms with Gasteiger partial charge in [-0.1, -0.05) is 42.8 Å². The monoisotopic (exact) mass is 515 g/mol. The van der Waals surface area contributed by atoms with E-state index < -0.39 is 0 Å². The van der Waals surface area contributed by atoms with Crippen molar-refractivity contribution >= 4 is 17.6 Å². The lowest BCUT2D eigenvalue weighted by Gasteiger charge is -2.31. The number of carbonyl (C=O) groups excluding carboxylic acids is 2. The van der Waals surface area contributed by atoms with Gasteiger partial charge < -0.3 is 19.4 Å². The zero-order valence-electron chi connectivity index (χ0n) is 22.8. The third-order valence-corrected chi connectivity index (χ3v) is 7.18. The lowest BCUT2D eigenvalue weighted by atomic mass is 10.1. The van der Waals surface area contributed by atoms with Crippen LogP contribution in [0.2, 0.25) is 0 Å². The first kappa shape index (κ1) is 27.1. The van der Waals surface area contributed by atoms with E-state index in [0.717, 1.165) is 36.5 Å². The minimum Gasteiger partial charge on any atom is -0.497 e. The molecule has 8 nitrogen and oxygen atoms in total. The van der Waals surface area contributed by atoms with Crippen molar-refractivity contribution in [2.75, 3.05) is 44.7 Å². The van der Waals surface area contributed by atoms with Crippen LogP contribution >= 0.6 is 0 Å². The fourth-order valence-electron chi connectivity index (χ4n) is 4.58. The van der Waals surface area contributed by atoms with Gasteiger partial charge >= 0.3 is 0 Å². The molecule has 38 heavy (non-hydrogen) atoms. The third-order valence-electron chi connectivity index (χ3n) is 7.18. The Hall–Kier alpha value is -3.94. The minimum absolute atomic E-state index is 0.0378. The van der Waals surface area contributed by atoms with E-state index >= 15 is 0 Å². The zero-order chi connectivity index (χ0) is 27.1. The number of amides is 2. The molecule has 2 aromatic carbocycles. The average molecular weight is 516 g/mol. The minimum atomic E-state index is -0.160. The predicted octanol–water partition coefficient (Wildman–Crippen LogP) is 4.44. The summed E-state index contributed by atoms with van der Waals surface area (Å²) in [6, 6.07) is 19.2. The SMILES string of the molecule is CC[C@H](C)N(CC(=O)N1CCCN(c2ccc(-c3ccc(C)cc3)nn2)CC1)C(=O)c1cccc(OC)c1. The quantitative estimate of drug-likeness (QED) is 0.441. The maximum Gasteiger partial charge on any atom is 0.254 e. The van der Waals surface area contributed by atoms with Gasteiger partial charge in [0.25, 0.3) is 5.91 Å². The fourth-order valence-corrected chi connectivity index (χ4v) is 4.58. The van der Waals surface area contributed by atoms with Gasteiger partial charge in [0.15, 0.2) is 5.82 Å². The van der Waals surface area contributed by atoms with Crippen molar-refractivity contribution in [2.45, 2.75) is 39.7 Å². The zero-order valence-corrected chi connectivity index (χ0v) is 22.8. The highest BCUT2D eigenvalue weighted by Gasteiger charge is 2.27. The summed E-state index contributed by atoms with van der Waals surface area (Å²) in [6.45, 7) is 8.79. The smallest absolute Gasteiger partial charge is 0.254 e. The van der Waals surface area contributed by atoms with Crippen LogP contribution in [0.1, 0.15) is 42.6 Å². The van der Waals surface area contributed by atoms with Gasteiger partial charge in [0.1, 0.15) is 12.3 Å². The number of hydrogen-bond donors (Lipinski definition) is 0. The summed E-state index contributed by atoms with van der Waals surface area (Å²) < 4.78 is 5.28. The molecule has 0 N–H and O–H groups in total. The van der Waals surface area contributed by atoms with Gasteiger partial charge in [-0.15, -0.1) is 10.2 Å². The number of benzene rings is 2. The van der Waals surface area contributed by atoms with E-state index in [2.05, 4.69) is 46.3 Å². The summed E-state index contributed by atoms with van der Waals surface area (Å²) in [5.41, 5.74) is 3.61. The highest BCUT2D eigenvalue weighted by Crippen LogP contribution is 2.21. The number of anilines is 1. The Kier molecular flexibility index (Phi) is 8.94. The van der Waals surface area contributed by atoms with Gasteiger partial charge in [-0.2, -0.15) is 0 Å². The Morgan fingerprint density at radius 3 is 2.47 bits per heavy atom. The van der Waals surface area contributed by atoms with Gasteiger partial charge in [-0.25, -0.2) is 0 Å². The largest absolute Gasteiger partial charge is 0.497 e. The van der Waals surface area contributed by atoms with E-state index in [4.69, 9.17) is 4.74 Å². The lowest BCUT2D eigenvalue weighted by molar-refractivity contribution is -0.132. The first-order valence-electron chi connectivity index (χ1n) is 13.3. The molecule has 1 aliphatic rings. The number of ether oxygens (including phenoxy) is 1. The summed E-state index contributed by atoms with van der Waals surface area (Å²) in [5, 5.41) is 8.92. The third kappa shape index (κ3) is 6.49. The van der Waals surface area contributed by atoms with Crippen molar-refractivity contribution in [3.05, 3.63) is 71.8 Å². The molecule has 1 atom stereocenters. The molecule has 0 saturated carbocycles. The molecule has 0 unspecified atom stereocenters. The van der Waals surface area contributed by atoms with Crippen molar-refractivity contribution in [2.24, 2.45) is 0 Å². The molecule has 1 saturated heterocycles. The molecule has 1 aromatic heterocycles. The summed E-state index contributed by atoms with van der Waals surface area (Å²) in [4.78, 5) is 32.4. The number of aromatic nitrogens is 2. The van der Waals surface area contributed by atoms with E-state index in [0.29, 0.717) is 30.9 Å². The molecule has 3 aromatic rings. The first-order valence-corrected chi connectivity index (χ1v) is 13.3. The van der Waals surface area contributed by atoms with Crippen LogP contribution in [0.5, 0.6) is 5.75 Å². The number of aryl methyl sites for hydroxylation is 1. The molecule has 0 aliphatic carbocycles. The molecular weight excluding hydrogens is 478 g/mol. The number of hydrogen-bond acceptors (Lipinski definition) is 6. The second kappa shape index (κ2) is 12.5. The Morgan fingerprint density at radius 1 is 1.00 bits per heavy atom. The van der Waals surface area contributed by atoms with Crippen LogP contribution in [0.3, 0.4) is 0 Å². The Balaban J connectivity index is 1.40. The van der Waals surface area contributed by atoms with Gasteiger partial charge in [0.05, 0.1) is 12.8 Å². The fraction of sp³-hybridized carbons (Fsp3) is 0.400. The van der Waals surface area contributed by atoms with Gasteiger partial charge in [0, 0.05) is 43.3 Å². The first-order chi connectivity index (χ1) is 18.4. The molecular formula is C30H37N5O3. The summed E-state index contributed by atoms with van der Waals surface area (Å²) in [5.74, 6) is 1.23. The van der Waals surface area contributed by atoms with Crippen molar-refractivity contribution < 1.29 is 14.3 Å². The molecule has 4 rings (SSSR count). The summed E-state index contributed by atoms with van der Waals surface area (Å²) in [6.07, 6.45) is 1.58. The van der Waals surface area contributed by atoms with E-state index in [-0.39, 0.29) is 24.4 Å².